The van der Waals surface area contributed by atoms with Crippen LogP contribution in [0.4, 0.5) is 0 Å². The van der Waals surface area contributed by atoms with Gasteiger partial charge in [0.15, 0.2) is 11.5 Å². The fraction of sp³-hybridized carbons (Fsp3) is 0.125. The number of ether oxygens (including phenoxy) is 2. The van der Waals surface area contributed by atoms with E-state index in [1.165, 1.54) is 37.5 Å². The van der Waals surface area contributed by atoms with Crippen molar-refractivity contribution < 1.29 is 17.9 Å². The number of allylic oxidation sites excluding steroid dienone is 1. The molecule has 3 aromatic rings. The van der Waals surface area contributed by atoms with Crippen LogP contribution in [0.2, 0.25) is 5.02 Å². The summed E-state index contributed by atoms with van der Waals surface area (Å²) in [6.07, 6.45) is 2.05. The van der Waals surface area contributed by atoms with Crippen molar-refractivity contribution >= 4 is 27.5 Å². The van der Waals surface area contributed by atoms with Gasteiger partial charge in [0.1, 0.15) is 11.0 Å². The number of benzene rings is 3. The highest BCUT2D eigenvalue weighted by Crippen LogP contribution is 2.30. The van der Waals surface area contributed by atoms with Gasteiger partial charge in [0.05, 0.1) is 18.6 Å². The Balaban J connectivity index is 1.81. The predicted octanol–water partition coefficient (Wildman–Crippen LogP) is 5.31. The van der Waals surface area contributed by atoms with Gasteiger partial charge in [-0.25, -0.2) is 8.42 Å². The molecule has 0 aliphatic rings. The molecule has 0 fully saturated rings. The first-order valence-electron chi connectivity index (χ1n) is 9.41. The summed E-state index contributed by atoms with van der Waals surface area (Å²) in [7, 11) is -2.47. The molecule has 0 aliphatic heterocycles. The lowest BCUT2D eigenvalue weighted by molar-refractivity contribution is 0.297. The summed E-state index contributed by atoms with van der Waals surface area (Å²) in [4.78, 5) is -0.382. The maximum atomic E-state index is 12.8. The van der Waals surface area contributed by atoms with Crippen LogP contribution in [0.15, 0.2) is 82.6 Å². The Morgan fingerprint density at radius 2 is 1.74 bits per heavy atom. The lowest BCUT2D eigenvalue weighted by Crippen LogP contribution is -2.04. The van der Waals surface area contributed by atoms with Crippen LogP contribution in [0, 0.1) is 11.3 Å². The molecule has 5 nitrogen and oxygen atoms in total. The highest BCUT2D eigenvalue weighted by Gasteiger charge is 2.21. The molecule has 7 heteroatoms. The summed E-state index contributed by atoms with van der Waals surface area (Å²) in [5.41, 5.74) is 1.66. The maximum absolute atomic E-state index is 12.8. The molecule has 0 saturated heterocycles. The number of hydrogen-bond acceptors (Lipinski definition) is 5. The summed E-state index contributed by atoms with van der Waals surface area (Å²) in [5.74, 6) is 0.984. The van der Waals surface area contributed by atoms with E-state index >= 15 is 0 Å². The summed E-state index contributed by atoms with van der Waals surface area (Å²) in [6, 6.07) is 22.4. The van der Waals surface area contributed by atoms with Crippen LogP contribution in [0.3, 0.4) is 0 Å². The second kappa shape index (κ2) is 10.2. The minimum absolute atomic E-state index is 0.00229. The van der Waals surface area contributed by atoms with Gasteiger partial charge >= 0.3 is 0 Å². The summed E-state index contributed by atoms with van der Waals surface area (Å²) < 4.78 is 36.8. The zero-order chi connectivity index (χ0) is 22.3. The third-order valence-corrected chi connectivity index (χ3v) is 6.43. The Hall–Kier alpha value is -3.27. The van der Waals surface area contributed by atoms with Crippen molar-refractivity contribution in [1.29, 1.82) is 5.26 Å². The maximum Gasteiger partial charge on any atom is 0.216 e. The van der Waals surface area contributed by atoms with Gasteiger partial charge in [0, 0.05) is 11.4 Å². The van der Waals surface area contributed by atoms with Crippen molar-refractivity contribution in [3.63, 3.8) is 0 Å². The Morgan fingerprint density at radius 3 is 2.39 bits per heavy atom. The highest BCUT2D eigenvalue weighted by atomic mass is 35.5. The van der Waals surface area contributed by atoms with Crippen molar-refractivity contribution in [3.8, 4) is 17.6 Å². The molecule has 158 valence electrons. The van der Waals surface area contributed by atoms with Crippen molar-refractivity contribution in [2.24, 2.45) is 0 Å². The molecular weight excluding hydrogens is 434 g/mol. The lowest BCUT2D eigenvalue weighted by Gasteiger charge is -2.12. The summed E-state index contributed by atoms with van der Waals surface area (Å²) in [5, 5.41) is 9.88. The molecule has 0 heterocycles. The fourth-order valence-corrected chi connectivity index (χ4v) is 4.16. The van der Waals surface area contributed by atoms with Gasteiger partial charge in [-0.1, -0.05) is 48.0 Å². The number of hydrogen-bond donors (Lipinski definition) is 0. The van der Waals surface area contributed by atoms with Crippen molar-refractivity contribution in [3.05, 3.63) is 93.9 Å². The monoisotopic (exact) mass is 453 g/mol. The van der Waals surface area contributed by atoms with E-state index in [-0.39, 0.29) is 9.80 Å². The summed E-state index contributed by atoms with van der Waals surface area (Å²) in [6.45, 7) is 0.462. The first kappa shape index (κ1) is 22.4. The van der Waals surface area contributed by atoms with Gasteiger partial charge in [-0.2, -0.15) is 5.26 Å². The van der Waals surface area contributed by atoms with Gasteiger partial charge in [0.2, 0.25) is 9.84 Å². The Morgan fingerprint density at radius 1 is 1.03 bits per heavy atom. The van der Waals surface area contributed by atoms with Crippen LogP contribution in [0.5, 0.6) is 11.5 Å². The Labute approximate surface area is 187 Å². The van der Waals surface area contributed by atoms with Gasteiger partial charge in [0.25, 0.3) is 0 Å². The molecule has 0 amide bonds. The van der Waals surface area contributed by atoms with Crippen molar-refractivity contribution in [2.75, 3.05) is 13.7 Å². The average Bonchev–Trinajstić information content (AvgIpc) is 2.79. The molecule has 0 aliphatic carbocycles. The third-order valence-electron chi connectivity index (χ3n) is 4.50. The van der Waals surface area contributed by atoms with E-state index in [0.29, 0.717) is 28.7 Å². The second-order valence-corrected chi connectivity index (χ2v) is 8.93. The van der Waals surface area contributed by atoms with Crippen LogP contribution < -0.4 is 9.47 Å². The van der Waals surface area contributed by atoms with E-state index in [0.717, 1.165) is 12.0 Å². The second-order valence-electron chi connectivity index (χ2n) is 6.57. The smallest absolute Gasteiger partial charge is 0.216 e. The molecule has 0 atom stereocenters. The highest BCUT2D eigenvalue weighted by molar-refractivity contribution is 7.95. The van der Waals surface area contributed by atoms with E-state index in [1.807, 2.05) is 30.3 Å². The molecular formula is C24H20ClNO4S. The van der Waals surface area contributed by atoms with Crippen LogP contribution in [-0.2, 0) is 16.3 Å². The molecule has 0 spiro atoms. The summed E-state index contributed by atoms with van der Waals surface area (Å²) >= 11 is 5.82. The minimum Gasteiger partial charge on any atom is -0.493 e. The Kier molecular flexibility index (Phi) is 7.35. The molecule has 0 saturated carbocycles. The van der Waals surface area contributed by atoms with Gasteiger partial charge < -0.3 is 9.47 Å². The minimum atomic E-state index is -3.97. The number of nitriles is 1. The van der Waals surface area contributed by atoms with Gasteiger partial charge in [-0.05, 0) is 53.6 Å². The molecule has 31 heavy (non-hydrogen) atoms. The van der Waals surface area contributed by atoms with Crippen LogP contribution in [0.25, 0.3) is 6.08 Å². The predicted molar refractivity (Wildman–Crippen MR) is 121 cm³/mol. The largest absolute Gasteiger partial charge is 0.493 e. The number of halogens is 1. The van der Waals surface area contributed by atoms with Gasteiger partial charge in [-0.15, -0.1) is 0 Å². The van der Waals surface area contributed by atoms with E-state index in [1.54, 1.807) is 24.3 Å². The first-order valence-corrected chi connectivity index (χ1v) is 11.3. The van der Waals surface area contributed by atoms with Crippen LogP contribution >= 0.6 is 11.6 Å². The fourth-order valence-electron chi connectivity index (χ4n) is 2.88. The molecule has 0 unspecified atom stereocenters. The average molecular weight is 454 g/mol. The third kappa shape index (κ3) is 5.66. The molecule has 0 radical (unpaired) electrons. The molecule has 0 N–H and O–H groups in total. The van der Waals surface area contributed by atoms with E-state index in [9.17, 15) is 13.7 Å². The molecule has 0 aromatic heterocycles. The van der Waals surface area contributed by atoms with Crippen LogP contribution in [-0.4, -0.2) is 22.1 Å². The lowest BCUT2D eigenvalue weighted by atomic mass is 10.1. The normalized spacial score (nSPS) is 11.6. The number of nitrogens with zero attached hydrogens (tertiary/aromatic N) is 1. The standard InChI is InChI=1S/C24H20ClNO4S/c1-29-24-16-19(7-12-23(24)30-14-13-18-5-3-2-4-6-18)15-22(17-26)31(27,28)21-10-8-20(25)9-11-21/h2-12,15-16H,13-14H2,1H3. The van der Waals surface area contributed by atoms with Crippen molar-refractivity contribution in [2.45, 2.75) is 11.3 Å². The zero-order valence-corrected chi connectivity index (χ0v) is 18.4. The number of methoxy groups -OCH3 is 1. The van der Waals surface area contributed by atoms with Crippen LogP contribution in [0.1, 0.15) is 11.1 Å². The number of sulfone groups is 1. The Bertz CT molecular complexity index is 1210. The molecule has 3 rings (SSSR count). The van der Waals surface area contributed by atoms with E-state index in [2.05, 4.69) is 0 Å². The quantitative estimate of drug-likeness (QED) is 0.432. The van der Waals surface area contributed by atoms with Gasteiger partial charge in [-0.3, -0.25) is 0 Å². The SMILES string of the molecule is COc1cc(C=C(C#N)S(=O)(=O)c2ccc(Cl)cc2)ccc1OCCc1ccccc1. The molecule has 3 aromatic carbocycles. The first-order chi connectivity index (χ1) is 14.9. The number of rotatable bonds is 8. The van der Waals surface area contributed by atoms with E-state index < -0.39 is 9.84 Å². The zero-order valence-electron chi connectivity index (χ0n) is 16.8. The van der Waals surface area contributed by atoms with E-state index in [4.69, 9.17) is 21.1 Å². The topological polar surface area (TPSA) is 76.4 Å². The van der Waals surface area contributed by atoms with Crippen molar-refractivity contribution in [1.82, 2.24) is 0 Å². The molecule has 0 bridgehead atoms.